The standard InChI is InChI=1S/C26H21NO2/c28-25(20-10-4-1-5-11-20)16-22-18-27(24-14-8-3-9-15-24)19-23(22)17-26(29)21-12-6-2-7-13-21/h1-15,18-19H,16-17H2. The molecule has 29 heavy (non-hydrogen) atoms. The zero-order chi connectivity index (χ0) is 20.1. The van der Waals surface area contributed by atoms with Crippen molar-refractivity contribution in [2.45, 2.75) is 12.8 Å². The van der Waals surface area contributed by atoms with Gasteiger partial charge in [0.2, 0.25) is 0 Å². The molecular weight excluding hydrogens is 358 g/mol. The predicted molar refractivity (Wildman–Crippen MR) is 115 cm³/mol. The summed E-state index contributed by atoms with van der Waals surface area (Å²) in [4.78, 5) is 25.5. The number of Topliss-reactive ketones (excluding diaryl/α,β-unsaturated/α-hetero) is 2. The maximum absolute atomic E-state index is 12.8. The third-order valence-electron chi connectivity index (χ3n) is 4.95. The first kappa shape index (κ1) is 18.6. The van der Waals surface area contributed by atoms with E-state index in [1.54, 1.807) is 0 Å². The number of rotatable bonds is 7. The van der Waals surface area contributed by atoms with Gasteiger partial charge in [-0.1, -0.05) is 78.9 Å². The van der Waals surface area contributed by atoms with Crippen LogP contribution in [-0.2, 0) is 12.8 Å². The average Bonchev–Trinajstić information content (AvgIpc) is 3.17. The number of hydrogen-bond donors (Lipinski definition) is 0. The van der Waals surface area contributed by atoms with Crippen LogP contribution in [0.3, 0.4) is 0 Å². The summed E-state index contributed by atoms with van der Waals surface area (Å²) >= 11 is 0. The Balaban J connectivity index is 1.65. The Kier molecular flexibility index (Phi) is 5.48. The van der Waals surface area contributed by atoms with Crippen molar-refractivity contribution in [2.24, 2.45) is 0 Å². The van der Waals surface area contributed by atoms with E-state index in [0.717, 1.165) is 16.8 Å². The molecule has 0 spiro atoms. The molecule has 0 aliphatic rings. The van der Waals surface area contributed by atoms with Gasteiger partial charge in [0.1, 0.15) is 0 Å². The second-order valence-electron chi connectivity index (χ2n) is 6.98. The number of nitrogens with zero attached hydrogens (tertiary/aromatic N) is 1. The summed E-state index contributed by atoms with van der Waals surface area (Å²) in [6.07, 6.45) is 4.45. The van der Waals surface area contributed by atoms with E-state index in [0.29, 0.717) is 11.1 Å². The highest BCUT2D eigenvalue weighted by Crippen LogP contribution is 2.20. The van der Waals surface area contributed by atoms with Crippen LogP contribution in [0.15, 0.2) is 103 Å². The largest absolute Gasteiger partial charge is 0.323 e. The van der Waals surface area contributed by atoms with Gasteiger partial charge < -0.3 is 4.57 Å². The Morgan fingerprint density at radius 2 is 0.931 bits per heavy atom. The van der Waals surface area contributed by atoms with Gasteiger partial charge >= 0.3 is 0 Å². The van der Waals surface area contributed by atoms with Crippen LogP contribution < -0.4 is 0 Å². The molecule has 0 radical (unpaired) electrons. The molecule has 4 aromatic rings. The molecular formula is C26H21NO2. The molecule has 0 bridgehead atoms. The molecule has 0 aliphatic heterocycles. The van der Waals surface area contributed by atoms with Crippen molar-refractivity contribution in [2.75, 3.05) is 0 Å². The van der Waals surface area contributed by atoms with Crippen molar-refractivity contribution < 1.29 is 9.59 Å². The molecule has 3 nitrogen and oxygen atoms in total. The number of ketones is 2. The topological polar surface area (TPSA) is 39.1 Å². The van der Waals surface area contributed by atoms with Crippen molar-refractivity contribution in [1.29, 1.82) is 0 Å². The van der Waals surface area contributed by atoms with Gasteiger partial charge in [0, 0.05) is 42.0 Å². The van der Waals surface area contributed by atoms with Crippen molar-refractivity contribution in [3.8, 4) is 5.69 Å². The molecule has 142 valence electrons. The first-order valence-corrected chi connectivity index (χ1v) is 9.62. The monoisotopic (exact) mass is 379 g/mol. The Bertz CT molecular complexity index is 1040. The summed E-state index contributed by atoms with van der Waals surface area (Å²) in [6, 6.07) is 28.5. The number of carbonyl (C=O) groups excluding carboxylic acids is 2. The van der Waals surface area contributed by atoms with E-state index in [2.05, 4.69) is 0 Å². The Morgan fingerprint density at radius 3 is 1.34 bits per heavy atom. The van der Waals surface area contributed by atoms with Gasteiger partial charge in [-0.15, -0.1) is 0 Å². The van der Waals surface area contributed by atoms with Crippen LogP contribution in [-0.4, -0.2) is 16.1 Å². The zero-order valence-corrected chi connectivity index (χ0v) is 16.0. The third-order valence-corrected chi connectivity index (χ3v) is 4.95. The molecule has 0 N–H and O–H groups in total. The molecule has 0 saturated heterocycles. The number of hydrogen-bond acceptors (Lipinski definition) is 2. The summed E-state index contributed by atoms with van der Waals surface area (Å²) in [7, 11) is 0. The third kappa shape index (κ3) is 4.41. The minimum absolute atomic E-state index is 0.0461. The van der Waals surface area contributed by atoms with Crippen LogP contribution in [0.1, 0.15) is 31.8 Å². The predicted octanol–water partition coefficient (Wildman–Crippen LogP) is 5.33. The maximum Gasteiger partial charge on any atom is 0.167 e. The van der Waals surface area contributed by atoms with Crippen molar-refractivity contribution >= 4 is 11.6 Å². The summed E-state index contributed by atoms with van der Waals surface area (Å²) in [5.74, 6) is 0.0923. The molecule has 0 amide bonds. The van der Waals surface area contributed by atoms with E-state index in [1.165, 1.54) is 0 Å². The minimum Gasteiger partial charge on any atom is -0.323 e. The number of carbonyl (C=O) groups is 2. The van der Waals surface area contributed by atoms with Gasteiger partial charge in [-0.25, -0.2) is 0 Å². The molecule has 0 aliphatic carbocycles. The molecule has 4 rings (SSSR count). The summed E-state index contributed by atoms with van der Waals surface area (Å²) in [5.41, 5.74) is 4.12. The fourth-order valence-electron chi connectivity index (χ4n) is 3.40. The van der Waals surface area contributed by atoms with Gasteiger partial charge in [0.15, 0.2) is 11.6 Å². The quantitative estimate of drug-likeness (QED) is 0.407. The minimum atomic E-state index is 0.0461. The van der Waals surface area contributed by atoms with Crippen molar-refractivity contribution in [1.82, 2.24) is 4.57 Å². The van der Waals surface area contributed by atoms with Crippen LogP contribution in [0.5, 0.6) is 0 Å². The van der Waals surface area contributed by atoms with Gasteiger partial charge in [0.05, 0.1) is 0 Å². The summed E-state index contributed by atoms with van der Waals surface area (Å²) in [5, 5.41) is 0. The van der Waals surface area contributed by atoms with Crippen LogP contribution in [0.4, 0.5) is 0 Å². The molecule has 0 unspecified atom stereocenters. The molecule has 0 atom stereocenters. The van der Waals surface area contributed by atoms with Crippen LogP contribution in [0.2, 0.25) is 0 Å². The maximum atomic E-state index is 12.8. The summed E-state index contributed by atoms with van der Waals surface area (Å²) in [6.45, 7) is 0. The lowest BCUT2D eigenvalue weighted by atomic mass is 9.98. The lowest BCUT2D eigenvalue weighted by Gasteiger charge is -2.04. The second kappa shape index (κ2) is 8.53. The van der Waals surface area contributed by atoms with Crippen molar-refractivity contribution in [3.05, 3.63) is 126 Å². The van der Waals surface area contributed by atoms with Gasteiger partial charge in [-0.3, -0.25) is 9.59 Å². The highest BCUT2D eigenvalue weighted by molar-refractivity contribution is 5.99. The fourth-order valence-corrected chi connectivity index (χ4v) is 3.40. The Labute approximate surface area is 170 Å². The normalized spacial score (nSPS) is 10.6. The van der Waals surface area contributed by atoms with E-state index in [9.17, 15) is 9.59 Å². The smallest absolute Gasteiger partial charge is 0.167 e. The van der Waals surface area contributed by atoms with Gasteiger partial charge in [-0.2, -0.15) is 0 Å². The number of para-hydroxylation sites is 1. The molecule has 0 saturated carbocycles. The lowest BCUT2D eigenvalue weighted by Crippen LogP contribution is -2.08. The van der Waals surface area contributed by atoms with E-state index < -0.39 is 0 Å². The van der Waals surface area contributed by atoms with Gasteiger partial charge in [0.25, 0.3) is 0 Å². The van der Waals surface area contributed by atoms with E-state index in [1.807, 2.05) is 108 Å². The van der Waals surface area contributed by atoms with E-state index in [4.69, 9.17) is 0 Å². The van der Waals surface area contributed by atoms with Crippen LogP contribution in [0, 0.1) is 0 Å². The van der Waals surface area contributed by atoms with Crippen molar-refractivity contribution in [3.63, 3.8) is 0 Å². The first-order valence-electron chi connectivity index (χ1n) is 9.62. The molecule has 0 fully saturated rings. The summed E-state index contributed by atoms with van der Waals surface area (Å²) < 4.78 is 1.99. The average molecular weight is 379 g/mol. The molecule has 3 heteroatoms. The van der Waals surface area contributed by atoms with Crippen LogP contribution in [0.25, 0.3) is 5.69 Å². The fraction of sp³-hybridized carbons (Fsp3) is 0.0769. The van der Waals surface area contributed by atoms with E-state index in [-0.39, 0.29) is 24.4 Å². The zero-order valence-electron chi connectivity index (χ0n) is 16.0. The van der Waals surface area contributed by atoms with Crippen LogP contribution >= 0.6 is 0 Å². The van der Waals surface area contributed by atoms with Gasteiger partial charge in [-0.05, 0) is 23.3 Å². The molecule has 1 heterocycles. The molecule has 3 aromatic carbocycles. The highest BCUT2D eigenvalue weighted by Gasteiger charge is 2.16. The SMILES string of the molecule is O=C(Cc1cn(-c2ccccc2)cc1CC(=O)c1ccccc1)c1ccccc1. The Hall–Kier alpha value is -3.72. The second-order valence-corrected chi connectivity index (χ2v) is 6.98. The number of benzene rings is 3. The van der Waals surface area contributed by atoms with E-state index >= 15 is 0 Å². The highest BCUT2D eigenvalue weighted by atomic mass is 16.1. The molecule has 1 aromatic heterocycles. The number of aromatic nitrogens is 1. The Morgan fingerprint density at radius 1 is 0.552 bits per heavy atom. The first-order chi connectivity index (χ1) is 14.2. The lowest BCUT2D eigenvalue weighted by molar-refractivity contribution is 0.0979.